The summed E-state index contributed by atoms with van der Waals surface area (Å²) in [7, 11) is 0. The van der Waals surface area contributed by atoms with Crippen LogP contribution in [0, 0.1) is 5.82 Å². The molecule has 1 amide bonds. The molecule has 0 spiro atoms. The lowest BCUT2D eigenvalue weighted by Gasteiger charge is -2.38. The lowest BCUT2D eigenvalue weighted by Crippen LogP contribution is -2.53. The molecule has 3 N–H and O–H groups in total. The Balaban J connectivity index is 1.89. The van der Waals surface area contributed by atoms with E-state index in [4.69, 9.17) is 5.73 Å². The van der Waals surface area contributed by atoms with Crippen LogP contribution in [0.3, 0.4) is 0 Å². The van der Waals surface area contributed by atoms with E-state index in [0.29, 0.717) is 11.7 Å². The Hall–Kier alpha value is -1.66. The van der Waals surface area contributed by atoms with Crippen molar-refractivity contribution in [2.45, 2.75) is 19.9 Å². The van der Waals surface area contributed by atoms with Crippen LogP contribution in [0.25, 0.3) is 0 Å². The van der Waals surface area contributed by atoms with Gasteiger partial charge in [-0.1, -0.05) is 6.92 Å². The quantitative estimate of drug-likeness (QED) is 0.824. The predicted octanol–water partition coefficient (Wildman–Crippen LogP) is 1.37. The molecule has 0 aliphatic carbocycles. The maximum absolute atomic E-state index is 13.6. The molecule has 1 aliphatic heterocycles. The minimum Gasteiger partial charge on any atom is -0.399 e. The van der Waals surface area contributed by atoms with Gasteiger partial charge in [0.1, 0.15) is 5.82 Å². The third kappa shape index (κ3) is 4.15. The zero-order chi connectivity index (χ0) is 15.4. The summed E-state index contributed by atoms with van der Waals surface area (Å²) in [5.74, 6) is -0.682. The second-order valence-electron chi connectivity index (χ2n) is 5.50. The van der Waals surface area contributed by atoms with Crippen molar-refractivity contribution in [2.75, 3.05) is 43.8 Å². The van der Waals surface area contributed by atoms with Crippen LogP contribution in [0.5, 0.6) is 0 Å². The molecule has 0 saturated carbocycles. The highest BCUT2D eigenvalue weighted by Crippen LogP contribution is 2.17. The van der Waals surface area contributed by atoms with Gasteiger partial charge in [0.15, 0.2) is 0 Å². The van der Waals surface area contributed by atoms with Crippen molar-refractivity contribution in [3.63, 3.8) is 0 Å². The first kappa shape index (κ1) is 15.7. The Kier molecular flexibility index (Phi) is 5.14. The lowest BCUT2D eigenvalue weighted by molar-refractivity contribution is -0.118. The molecule has 6 heteroatoms. The average Bonchev–Trinajstić information content (AvgIpc) is 2.43. The Morgan fingerprint density at radius 1 is 1.48 bits per heavy atom. The van der Waals surface area contributed by atoms with Crippen LogP contribution in [0.2, 0.25) is 0 Å². The topological polar surface area (TPSA) is 61.6 Å². The van der Waals surface area contributed by atoms with Crippen LogP contribution in [0.1, 0.15) is 13.8 Å². The van der Waals surface area contributed by atoms with Crippen molar-refractivity contribution >= 4 is 17.3 Å². The van der Waals surface area contributed by atoms with Gasteiger partial charge >= 0.3 is 0 Å². The monoisotopic (exact) mass is 294 g/mol. The highest BCUT2D eigenvalue weighted by molar-refractivity contribution is 5.92. The molecule has 1 aromatic carbocycles. The first-order chi connectivity index (χ1) is 9.99. The number of rotatable bonds is 4. The fraction of sp³-hybridized carbons (Fsp3) is 0.533. The van der Waals surface area contributed by atoms with E-state index >= 15 is 0 Å². The number of nitrogen functional groups attached to an aromatic ring is 1. The van der Waals surface area contributed by atoms with E-state index in [1.54, 1.807) is 0 Å². The summed E-state index contributed by atoms with van der Waals surface area (Å²) < 4.78 is 13.6. The highest BCUT2D eigenvalue weighted by atomic mass is 19.1. The van der Waals surface area contributed by atoms with Gasteiger partial charge in [-0.3, -0.25) is 14.6 Å². The van der Waals surface area contributed by atoms with E-state index in [1.165, 1.54) is 18.2 Å². The number of piperazine rings is 1. The molecular weight excluding hydrogens is 271 g/mol. The van der Waals surface area contributed by atoms with Crippen molar-refractivity contribution in [3.8, 4) is 0 Å². The van der Waals surface area contributed by atoms with Gasteiger partial charge in [0, 0.05) is 31.4 Å². The van der Waals surface area contributed by atoms with Crippen LogP contribution in [0.15, 0.2) is 18.2 Å². The Bertz CT molecular complexity index is 508. The minimum atomic E-state index is -0.471. The van der Waals surface area contributed by atoms with Crippen LogP contribution >= 0.6 is 0 Å². The van der Waals surface area contributed by atoms with E-state index < -0.39 is 5.82 Å². The molecule has 2 rings (SSSR count). The number of carbonyl (C=O) groups is 1. The molecule has 0 radical (unpaired) electrons. The number of anilines is 2. The standard InChI is InChI=1S/C15H23FN4O/c1-3-20-7-6-19(9-11(20)2)10-15(21)18-14-8-12(17)4-5-13(14)16/h4-5,8,11H,3,6-7,9-10,17H2,1-2H3,(H,18,21). The number of nitrogens with one attached hydrogen (secondary N) is 1. The van der Waals surface area contributed by atoms with Gasteiger partial charge in [-0.25, -0.2) is 4.39 Å². The summed E-state index contributed by atoms with van der Waals surface area (Å²) >= 11 is 0. The number of likely N-dealkylation sites (N-methyl/N-ethyl adjacent to an activating group) is 1. The molecule has 21 heavy (non-hydrogen) atoms. The second-order valence-corrected chi connectivity index (χ2v) is 5.50. The molecule has 1 atom stereocenters. The maximum Gasteiger partial charge on any atom is 0.238 e. The van der Waals surface area contributed by atoms with E-state index in [-0.39, 0.29) is 18.1 Å². The zero-order valence-electron chi connectivity index (χ0n) is 12.6. The molecule has 1 heterocycles. The predicted molar refractivity (Wildman–Crippen MR) is 82.6 cm³/mol. The van der Waals surface area contributed by atoms with Gasteiger partial charge in [-0.2, -0.15) is 0 Å². The third-order valence-electron chi connectivity index (χ3n) is 3.89. The Labute approximate surface area is 124 Å². The smallest absolute Gasteiger partial charge is 0.238 e. The molecule has 0 aromatic heterocycles. The number of amides is 1. The highest BCUT2D eigenvalue weighted by Gasteiger charge is 2.23. The molecule has 0 bridgehead atoms. The largest absolute Gasteiger partial charge is 0.399 e. The normalized spacial score (nSPS) is 20.4. The maximum atomic E-state index is 13.6. The van der Waals surface area contributed by atoms with Crippen molar-refractivity contribution in [1.29, 1.82) is 0 Å². The van der Waals surface area contributed by atoms with E-state index in [1.807, 2.05) is 0 Å². The first-order valence-corrected chi connectivity index (χ1v) is 7.31. The van der Waals surface area contributed by atoms with Crippen LogP contribution < -0.4 is 11.1 Å². The zero-order valence-corrected chi connectivity index (χ0v) is 12.6. The van der Waals surface area contributed by atoms with Crippen LogP contribution in [-0.2, 0) is 4.79 Å². The number of carbonyl (C=O) groups excluding carboxylic acids is 1. The Morgan fingerprint density at radius 2 is 2.24 bits per heavy atom. The molecule has 1 fully saturated rings. The van der Waals surface area contributed by atoms with Crippen molar-refractivity contribution in [1.82, 2.24) is 9.80 Å². The molecule has 1 aromatic rings. The van der Waals surface area contributed by atoms with Gasteiger partial charge < -0.3 is 11.1 Å². The lowest BCUT2D eigenvalue weighted by atomic mass is 10.2. The number of benzene rings is 1. The van der Waals surface area contributed by atoms with E-state index in [9.17, 15) is 9.18 Å². The minimum absolute atomic E-state index is 0.139. The number of nitrogens with zero attached hydrogens (tertiary/aromatic N) is 2. The molecule has 1 aliphatic rings. The molecule has 116 valence electrons. The third-order valence-corrected chi connectivity index (χ3v) is 3.89. The second kappa shape index (κ2) is 6.87. The van der Waals surface area contributed by atoms with Crippen LogP contribution in [0.4, 0.5) is 15.8 Å². The van der Waals surface area contributed by atoms with Crippen LogP contribution in [-0.4, -0.2) is 54.5 Å². The fourth-order valence-corrected chi connectivity index (χ4v) is 2.72. The van der Waals surface area contributed by atoms with Crippen molar-refractivity contribution in [2.24, 2.45) is 0 Å². The summed E-state index contributed by atoms with van der Waals surface area (Å²) in [5.41, 5.74) is 6.17. The number of hydrogen-bond donors (Lipinski definition) is 2. The van der Waals surface area contributed by atoms with Crippen molar-refractivity contribution < 1.29 is 9.18 Å². The summed E-state index contributed by atoms with van der Waals surface area (Å²) in [6.45, 7) is 8.25. The Morgan fingerprint density at radius 3 is 2.90 bits per heavy atom. The van der Waals surface area contributed by atoms with Gasteiger partial charge in [-0.05, 0) is 31.7 Å². The number of nitrogens with two attached hydrogens (primary N) is 1. The van der Waals surface area contributed by atoms with Gasteiger partial charge in [0.2, 0.25) is 5.91 Å². The fourth-order valence-electron chi connectivity index (χ4n) is 2.72. The van der Waals surface area contributed by atoms with Gasteiger partial charge in [0.25, 0.3) is 0 Å². The number of halogens is 1. The first-order valence-electron chi connectivity index (χ1n) is 7.31. The average molecular weight is 294 g/mol. The summed E-state index contributed by atoms with van der Waals surface area (Å²) in [6, 6.07) is 4.59. The van der Waals surface area contributed by atoms with Gasteiger partial charge in [-0.15, -0.1) is 0 Å². The molecule has 1 unspecified atom stereocenters. The van der Waals surface area contributed by atoms with E-state index in [0.717, 1.165) is 26.2 Å². The SMILES string of the molecule is CCN1CCN(CC(=O)Nc2cc(N)ccc2F)CC1C. The molecular formula is C15H23FN4O. The molecule has 1 saturated heterocycles. The molecule has 5 nitrogen and oxygen atoms in total. The summed E-state index contributed by atoms with van der Waals surface area (Å²) in [5, 5.41) is 2.59. The number of hydrogen-bond acceptors (Lipinski definition) is 4. The summed E-state index contributed by atoms with van der Waals surface area (Å²) in [4.78, 5) is 16.5. The van der Waals surface area contributed by atoms with Crippen molar-refractivity contribution in [3.05, 3.63) is 24.0 Å². The summed E-state index contributed by atoms with van der Waals surface area (Å²) in [6.07, 6.45) is 0. The van der Waals surface area contributed by atoms with E-state index in [2.05, 4.69) is 29.0 Å². The van der Waals surface area contributed by atoms with Gasteiger partial charge in [0.05, 0.1) is 12.2 Å².